The third-order valence-electron chi connectivity index (χ3n) is 3.26. The number of aromatic nitrogens is 1. The van der Waals surface area contributed by atoms with Crippen LogP contribution in [0.25, 0.3) is 0 Å². The third-order valence-corrected chi connectivity index (χ3v) is 3.26. The molecule has 0 saturated heterocycles. The quantitative estimate of drug-likeness (QED) is 0.855. The Morgan fingerprint density at radius 2 is 2.00 bits per heavy atom. The maximum Gasteiger partial charge on any atom is 0.0472 e. The molecule has 1 aromatic carbocycles. The van der Waals surface area contributed by atoms with E-state index in [0.29, 0.717) is 0 Å². The number of benzene rings is 1. The number of hydrogen-bond donors (Lipinski definition) is 1. The molecule has 1 unspecified atom stereocenters. The fraction of sp³-hybridized carbons (Fsp3) is 0.333. The molecule has 17 heavy (non-hydrogen) atoms. The highest BCUT2D eigenvalue weighted by Gasteiger charge is 2.05. The van der Waals surface area contributed by atoms with Crippen LogP contribution >= 0.6 is 0 Å². The molecule has 0 aliphatic carbocycles. The van der Waals surface area contributed by atoms with Crippen LogP contribution in [0.2, 0.25) is 0 Å². The van der Waals surface area contributed by atoms with E-state index >= 15 is 0 Å². The minimum Gasteiger partial charge on any atom is -0.350 e. The van der Waals surface area contributed by atoms with Gasteiger partial charge in [-0.15, -0.1) is 0 Å². The first-order chi connectivity index (χ1) is 8.20. The van der Waals surface area contributed by atoms with Crippen molar-refractivity contribution in [3.63, 3.8) is 0 Å². The molecule has 0 spiro atoms. The zero-order valence-corrected chi connectivity index (χ0v) is 10.6. The summed E-state index contributed by atoms with van der Waals surface area (Å²) in [6.07, 6.45) is 5.24. The molecular weight excluding hydrogens is 208 g/mol. The summed E-state index contributed by atoms with van der Waals surface area (Å²) in [7, 11) is 0. The molecule has 1 heterocycles. The van der Waals surface area contributed by atoms with Gasteiger partial charge in [-0.2, -0.15) is 0 Å². The fourth-order valence-corrected chi connectivity index (χ4v) is 2.00. The molecule has 0 aliphatic heterocycles. The van der Waals surface area contributed by atoms with Gasteiger partial charge in [0.15, 0.2) is 0 Å². The van der Waals surface area contributed by atoms with Crippen LogP contribution in [0.5, 0.6) is 0 Å². The molecule has 0 radical (unpaired) electrons. The minimum absolute atomic E-state index is 0.160. The molecular formula is C15H20N2. The van der Waals surface area contributed by atoms with Gasteiger partial charge in [0.05, 0.1) is 0 Å². The first-order valence-electron chi connectivity index (χ1n) is 6.16. The van der Waals surface area contributed by atoms with Gasteiger partial charge in [-0.3, -0.25) is 0 Å². The number of aryl methyl sites for hydroxylation is 1. The number of hydrogen-bond acceptors (Lipinski definition) is 1. The Hall–Kier alpha value is -1.54. The van der Waals surface area contributed by atoms with E-state index in [-0.39, 0.29) is 6.04 Å². The summed E-state index contributed by atoms with van der Waals surface area (Å²) in [6.45, 7) is 5.18. The van der Waals surface area contributed by atoms with E-state index in [1.54, 1.807) is 0 Å². The fourth-order valence-electron chi connectivity index (χ4n) is 2.00. The molecule has 2 N–H and O–H groups in total. The molecule has 2 aromatic rings. The van der Waals surface area contributed by atoms with Gasteiger partial charge < -0.3 is 10.3 Å². The van der Waals surface area contributed by atoms with Crippen molar-refractivity contribution in [3.8, 4) is 0 Å². The molecule has 1 aromatic heterocycles. The van der Waals surface area contributed by atoms with Crippen molar-refractivity contribution in [2.45, 2.75) is 32.9 Å². The van der Waals surface area contributed by atoms with Crippen LogP contribution in [-0.2, 0) is 6.54 Å². The Morgan fingerprint density at radius 1 is 1.24 bits per heavy atom. The molecule has 2 nitrogen and oxygen atoms in total. The second-order valence-corrected chi connectivity index (χ2v) is 4.56. The van der Waals surface area contributed by atoms with E-state index in [1.807, 2.05) is 0 Å². The molecule has 1 atom stereocenters. The van der Waals surface area contributed by atoms with Crippen molar-refractivity contribution in [2.24, 2.45) is 5.73 Å². The Labute approximate surface area is 103 Å². The Balaban J connectivity index is 2.14. The smallest absolute Gasteiger partial charge is 0.0472 e. The van der Waals surface area contributed by atoms with Crippen molar-refractivity contribution in [1.29, 1.82) is 0 Å². The van der Waals surface area contributed by atoms with E-state index in [9.17, 15) is 0 Å². The van der Waals surface area contributed by atoms with E-state index in [4.69, 9.17) is 5.73 Å². The molecule has 0 amide bonds. The Morgan fingerprint density at radius 3 is 2.71 bits per heavy atom. The lowest BCUT2D eigenvalue weighted by Gasteiger charge is -2.08. The summed E-state index contributed by atoms with van der Waals surface area (Å²) in [6, 6.07) is 10.8. The van der Waals surface area contributed by atoms with Crippen LogP contribution in [-0.4, -0.2) is 4.57 Å². The predicted molar refractivity (Wildman–Crippen MR) is 71.9 cm³/mol. The predicted octanol–water partition coefficient (Wildman–Crippen LogP) is 3.25. The highest BCUT2D eigenvalue weighted by molar-refractivity contribution is 5.26. The molecule has 0 fully saturated rings. The monoisotopic (exact) mass is 228 g/mol. The van der Waals surface area contributed by atoms with Crippen molar-refractivity contribution in [2.75, 3.05) is 0 Å². The SMILES string of the molecule is CCC(N)c1ccn(Cc2ccccc2C)c1. The number of rotatable bonds is 4. The summed E-state index contributed by atoms with van der Waals surface area (Å²) in [5.41, 5.74) is 9.94. The van der Waals surface area contributed by atoms with Crippen molar-refractivity contribution in [1.82, 2.24) is 4.57 Å². The second-order valence-electron chi connectivity index (χ2n) is 4.56. The third kappa shape index (κ3) is 2.77. The molecule has 0 aliphatic rings. The summed E-state index contributed by atoms with van der Waals surface area (Å²) < 4.78 is 2.20. The van der Waals surface area contributed by atoms with E-state index < -0.39 is 0 Å². The Kier molecular flexibility index (Phi) is 3.64. The van der Waals surface area contributed by atoms with Crippen LogP contribution in [0.3, 0.4) is 0 Å². The zero-order chi connectivity index (χ0) is 12.3. The molecule has 0 saturated carbocycles. The van der Waals surface area contributed by atoms with Gasteiger partial charge in [0.2, 0.25) is 0 Å². The first-order valence-corrected chi connectivity index (χ1v) is 6.16. The molecule has 90 valence electrons. The lowest BCUT2D eigenvalue weighted by molar-refractivity contribution is 0.692. The standard InChI is InChI=1S/C15H20N2/c1-3-15(16)14-8-9-17(11-14)10-13-7-5-4-6-12(13)2/h4-9,11,15H,3,10,16H2,1-2H3. The van der Waals surface area contributed by atoms with Gasteiger partial charge >= 0.3 is 0 Å². The highest BCUT2D eigenvalue weighted by atomic mass is 14.9. The van der Waals surface area contributed by atoms with Crippen molar-refractivity contribution < 1.29 is 0 Å². The van der Waals surface area contributed by atoms with Crippen molar-refractivity contribution in [3.05, 3.63) is 59.4 Å². The van der Waals surface area contributed by atoms with E-state index in [2.05, 4.69) is 61.1 Å². The van der Waals surface area contributed by atoms with Gasteiger partial charge in [-0.25, -0.2) is 0 Å². The van der Waals surface area contributed by atoms with Crippen LogP contribution in [0.15, 0.2) is 42.7 Å². The summed E-state index contributed by atoms with van der Waals surface area (Å²) in [5.74, 6) is 0. The van der Waals surface area contributed by atoms with Gasteiger partial charge in [0.25, 0.3) is 0 Å². The van der Waals surface area contributed by atoms with Crippen molar-refractivity contribution >= 4 is 0 Å². The van der Waals surface area contributed by atoms with E-state index in [1.165, 1.54) is 16.7 Å². The maximum absolute atomic E-state index is 6.02. The number of nitrogens with zero attached hydrogens (tertiary/aromatic N) is 1. The lowest BCUT2D eigenvalue weighted by atomic mass is 10.1. The van der Waals surface area contributed by atoms with E-state index in [0.717, 1.165) is 13.0 Å². The van der Waals surface area contributed by atoms with Gasteiger partial charge in [0.1, 0.15) is 0 Å². The average Bonchev–Trinajstić information content (AvgIpc) is 2.80. The topological polar surface area (TPSA) is 30.9 Å². The number of nitrogens with two attached hydrogens (primary N) is 1. The summed E-state index contributed by atoms with van der Waals surface area (Å²) >= 11 is 0. The largest absolute Gasteiger partial charge is 0.350 e. The second kappa shape index (κ2) is 5.19. The molecule has 0 bridgehead atoms. The van der Waals surface area contributed by atoms with Crippen LogP contribution < -0.4 is 5.73 Å². The highest BCUT2D eigenvalue weighted by Crippen LogP contribution is 2.16. The lowest BCUT2D eigenvalue weighted by Crippen LogP contribution is -2.07. The first kappa shape index (κ1) is 11.9. The van der Waals surface area contributed by atoms with Gasteiger partial charge in [0, 0.05) is 25.0 Å². The van der Waals surface area contributed by atoms with Gasteiger partial charge in [-0.1, -0.05) is 31.2 Å². The summed E-state index contributed by atoms with van der Waals surface area (Å²) in [4.78, 5) is 0. The van der Waals surface area contributed by atoms with Crippen LogP contribution in [0, 0.1) is 6.92 Å². The average molecular weight is 228 g/mol. The zero-order valence-electron chi connectivity index (χ0n) is 10.6. The summed E-state index contributed by atoms with van der Waals surface area (Å²) in [5, 5.41) is 0. The van der Waals surface area contributed by atoms with Crippen LogP contribution in [0.1, 0.15) is 36.1 Å². The Bertz CT molecular complexity index is 485. The maximum atomic E-state index is 6.02. The minimum atomic E-state index is 0.160. The van der Waals surface area contributed by atoms with Gasteiger partial charge in [-0.05, 0) is 36.1 Å². The molecule has 2 heteroatoms. The normalized spacial score (nSPS) is 12.6. The van der Waals surface area contributed by atoms with Crippen LogP contribution in [0.4, 0.5) is 0 Å². The molecule has 2 rings (SSSR count).